The van der Waals surface area contributed by atoms with Crippen LogP contribution in [0.3, 0.4) is 0 Å². The molecule has 2 aromatic rings. The van der Waals surface area contributed by atoms with E-state index in [0.717, 1.165) is 37.4 Å². The van der Waals surface area contributed by atoms with Gasteiger partial charge in [-0.2, -0.15) is 8.74 Å². The van der Waals surface area contributed by atoms with Gasteiger partial charge in [0.1, 0.15) is 17.2 Å². The number of rotatable bonds is 8. The smallest absolute Gasteiger partial charge is 0.249 e. The molecular formula is C16H24N6O2S2. The number of nitrogens with zero attached hydrogens (tertiary/aromatic N) is 6. The molecule has 0 aliphatic carbocycles. The Labute approximate surface area is 158 Å². The van der Waals surface area contributed by atoms with Crippen molar-refractivity contribution in [2.75, 3.05) is 24.2 Å². The highest BCUT2D eigenvalue weighted by molar-refractivity contribution is 7.87. The van der Waals surface area contributed by atoms with Gasteiger partial charge in [0.15, 0.2) is 10.0 Å². The van der Waals surface area contributed by atoms with Crippen LogP contribution in [0, 0.1) is 0 Å². The van der Waals surface area contributed by atoms with Gasteiger partial charge in [0, 0.05) is 43.0 Å². The predicted octanol–water partition coefficient (Wildman–Crippen LogP) is 4.95. The highest BCUT2D eigenvalue weighted by atomic mass is 32.2. The molecule has 1 atom stereocenters. The van der Waals surface area contributed by atoms with Gasteiger partial charge in [-0.05, 0) is 38.5 Å². The van der Waals surface area contributed by atoms with Crippen LogP contribution in [0.15, 0.2) is 32.8 Å². The fourth-order valence-corrected chi connectivity index (χ4v) is 3.40. The number of anilines is 1. The Morgan fingerprint density at radius 2 is 1.92 bits per heavy atom. The number of azo groups is 1. The summed E-state index contributed by atoms with van der Waals surface area (Å²) in [6, 6.07) is 5.40. The van der Waals surface area contributed by atoms with Crippen molar-refractivity contribution in [3.63, 3.8) is 0 Å². The number of benzene rings is 1. The van der Waals surface area contributed by atoms with Crippen molar-refractivity contribution >= 4 is 43.7 Å². The lowest BCUT2D eigenvalue weighted by Crippen LogP contribution is -2.21. The second-order valence-electron chi connectivity index (χ2n) is 5.64. The van der Waals surface area contributed by atoms with Gasteiger partial charge in [-0.15, -0.1) is 10.2 Å². The molecular weight excluding hydrogens is 372 g/mol. The SMILES string of the molecule is CCCc1nsc(N=Nc2ccc(N(CC)CC)cc2N=S(C)(=O)O)n1. The summed E-state index contributed by atoms with van der Waals surface area (Å²) in [7, 11) is -3.31. The van der Waals surface area contributed by atoms with Crippen molar-refractivity contribution in [2.24, 2.45) is 14.6 Å². The maximum Gasteiger partial charge on any atom is 0.249 e. The van der Waals surface area contributed by atoms with Crippen molar-refractivity contribution in [1.29, 1.82) is 0 Å². The summed E-state index contributed by atoms with van der Waals surface area (Å²) in [5, 5.41) is 8.73. The van der Waals surface area contributed by atoms with Crippen LogP contribution in [-0.4, -0.2) is 37.5 Å². The molecule has 26 heavy (non-hydrogen) atoms. The van der Waals surface area contributed by atoms with Gasteiger partial charge in [-0.1, -0.05) is 6.92 Å². The van der Waals surface area contributed by atoms with E-state index in [4.69, 9.17) is 0 Å². The quantitative estimate of drug-likeness (QED) is 0.635. The summed E-state index contributed by atoms with van der Waals surface area (Å²) in [6.07, 6.45) is 2.93. The van der Waals surface area contributed by atoms with Crippen LogP contribution in [0.25, 0.3) is 0 Å². The van der Waals surface area contributed by atoms with E-state index in [2.05, 4.69) is 35.8 Å². The van der Waals surface area contributed by atoms with E-state index in [1.165, 1.54) is 17.8 Å². The average molecular weight is 397 g/mol. The first-order valence-corrected chi connectivity index (χ1v) is 11.1. The van der Waals surface area contributed by atoms with Crippen LogP contribution in [0.2, 0.25) is 0 Å². The van der Waals surface area contributed by atoms with Crippen LogP contribution in [-0.2, 0) is 16.4 Å². The standard InChI is InChI=1S/C16H24N6O2S2/c1-5-8-15-17-16(25-20-15)19-18-13-10-9-12(22(6-2)7-3)11-14(13)21-26(4,23)24/h9-11H,5-8H2,1-4H3,(H,21,23,24). The molecule has 10 heteroatoms. The van der Waals surface area contributed by atoms with Gasteiger partial charge in [0.25, 0.3) is 0 Å². The van der Waals surface area contributed by atoms with Gasteiger partial charge in [-0.25, -0.2) is 9.19 Å². The molecule has 142 valence electrons. The molecule has 0 saturated heterocycles. The van der Waals surface area contributed by atoms with Gasteiger partial charge >= 0.3 is 0 Å². The topological polar surface area (TPSA) is 103 Å². The third-order valence-corrected chi connectivity index (χ3v) is 4.70. The molecule has 0 spiro atoms. The molecule has 0 fully saturated rings. The molecule has 1 aromatic heterocycles. The van der Waals surface area contributed by atoms with Crippen molar-refractivity contribution < 1.29 is 8.76 Å². The Hall–Kier alpha value is -1.91. The van der Waals surface area contributed by atoms with E-state index in [-0.39, 0.29) is 0 Å². The second kappa shape index (κ2) is 9.15. The van der Waals surface area contributed by atoms with Gasteiger partial charge < -0.3 is 9.45 Å². The third kappa shape index (κ3) is 5.82. The van der Waals surface area contributed by atoms with Gasteiger partial charge in [-0.3, -0.25) is 0 Å². The maximum absolute atomic E-state index is 11.8. The van der Waals surface area contributed by atoms with E-state index in [1.807, 2.05) is 19.9 Å². The Morgan fingerprint density at radius 1 is 1.19 bits per heavy atom. The summed E-state index contributed by atoms with van der Waals surface area (Å²) >= 11 is 1.18. The lowest BCUT2D eigenvalue weighted by atomic mass is 10.2. The van der Waals surface area contributed by atoms with Crippen LogP contribution < -0.4 is 4.90 Å². The van der Waals surface area contributed by atoms with Gasteiger partial charge in [0.2, 0.25) is 5.13 Å². The lowest BCUT2D eigenvalue weighted by Gasteiger charge is -2.21. The molecule has 0 radical (unpaired) electrons. The summed E-state index contributed by atoms with van der Waals surface area (Å²) in [4.78, 5) is 6.42. The van der Waals surface area contributed by atoms with Crippen LogP contribution in [0.1, 0.15) is 33.0 Å². The molecule has 1 aromatic carbocycles. The molecule has 0 amide bonds. The minimum Gasteiger partial charge on any atom is -0.372 e. The lowest BCUT2D eigenvalue weighted by molar-refractivity contribution is 0.559. The minimum absolute atomic E-state index is 0.325. The largest absolute Gasteiger partial charge is 0.372 e. The Kier molecular flexibility index (Phi) is 7.18. The summed E-state index contributed by atoms with van der Waals surface area (Å²) < 4.78 is 29.5. The highest BCUT2D eigenvalue weighted by Crippen LogP contribution is 2.34. The fraction of sp³-hybridized carbons (Fsp3) is 0.500. The van der Waals surface area contributed by atoms with Crippen molar-refractivity contribution in [1.82, 2.24) is 9.36 Å². The van der Waals surface area contributed by atoms with Crippen molar-refractivity contribution in [3.05, 3.63) is 24.0 Å². The first-order chi connectivity index (χ1) is 12.4. The Morgan fingerprint density at radius 3 is 2.54 bits per heavy atom. The van der Waals surface area contributed by atoms with E-state index in [9.17, 15) is 8.76 Å². The molecule has 1 heterocycles. The number of hydrogen-bond donors (Lipinski definition) is 1. The zero-order valence-corrected chi connectivity index (χ0v) is 17.0. The maximum atomic E-state index is 11.8. The number of aromatic nitrogens is 2. The van der Waals surface area contributed by atoms with Gasteiger partial charge in [0.05, 0.1) is 0 Å². The summed E-state index contributed by atoms with van der Waals surface area (Å²) in [6.45, 7) is 7.80. The fourth-order valence-electron chi connectivity index (χ4n) is 2.34. The van der Waals surface area contributed by atoms with E-state index in [1.54, 1.807) is 12.1 Å². The van der Waals surface area contributed by atoms with E-state index < -0.39 is 10.0 Å². The first kappa shape index (κ1) is 20.4. The number of hydrogen-bond acceptors (Lipinski definition) is 8. The molecule has 2 rings (SSSR count). The molecule has 0 saturated carbocycles. The van der Waals surface area contributed by atoms with Crippen molar-refractivity contribution in [2.45, 2.75) is 33.6 Å². The molecule has 1 unspecified atom stereocenters. The summed E-state index contributed by atoms with van der Waals surface area (Å²) in [5.74, 6) is 0.750. The first-order valence-electron chi connectivity index (χ1n) is 8.44. The molecule has 8 nitrogen and oxygen atoms in total. The predicted molar refractivity (Wildman–Crippen MR) is 107 cm³/mol. The Bertz CT molecular complexity index is 875. The zero-order chi connectivity index (χ0) is 19.2. The molecule has 0 aliphatic heterocycles. The molecule has 1 N–H and O–H groups in total. The van der Waals surface area contributed by atoms with Crippen LogP contribution in [0.4, 0.5) is 22.2 Å². The second-order valence-corrected chi connectivity index (χ2v) is 8.08. The number of aryl methyl sites for hydroxylation is 1. The van der Waals surface area contributed by atoms with E-state index >= 15 is 0 Å². The van der Waals surface area contributed by atoms with Crippen LogP contribution >= 0.6 is 11.5 Å². The summed E-state index contributed by atoms with van der Waals surface area (Å²) in [5.41, 5.74) is 1.65. The monoisotopic (exact) mass is 396 g/mol. The zero-order valence-electron chi connectivity index (χ0n) is 15.4. The average Bonchev–Trinajstić information content (AvgIpc) is 3.02. The molecule has 0 bridgehead atoms. The molecule has 0 aliphatic rings. The highest BCUT2D eigenvalue weighted by Gasteiger charge is 2.09. The van der Waals surface area contributed by atoms with Crippen molar-refractivity contribution in [3.8, 4) is 0 Å². The van der Waals surface area contributed by atoms with E-state index in [0.29, 0.717) is 16.5 Å². The minimum atomic E-state index is -3.31. The van der Waals surface area contributed by atoms with Crippen LogP contribution in [0.5, 0.6) is 0 Å². The normalized spacial score (nSPS) is 13.7. The third-order valence-electron chi connectivity index (χ3n) is 3.53. The Balaban J connectivity index is 2.39.